The van der Waals surface area contributed by atoms with Crippen LogP contribution in [0.1, 0.15) is 23.8 Å². The number of amides is 1. The zero-order valence-corrected chi connectivity index (χ0v) is 17.8. The van der Waals surface area contributed by atoms with Gasteiger partial charge in [-0.1, -0.05) is 11.3 Å². The van der Waals surface area contributed by atoms with Crippen molar-refractivity contribution in [2.24, 2.45) is 0 Å². The number of alkyl carbamates (subject to hydrolysis) is 1. The Balaban J connectivity index is 1.45. The fraction of sp³-hybridized carbons (Fsp3) is 0.300. The largest absolute Gasteiger partial charge is 0.446 e. The van der Waals surface area contributed by atoms with Gasteiger partial charge in [0.15, 0.2) is 0 Å². The number of nitrogens with one attached hydrogen (secondary N) is 3. The van der Waals surface area contributed by atoms with Gasteiger partial charge < -0.3 is 20.4 Å². The molecule has 0 fully saturated rings. The van der Waals surface area contributed by atoms with Gasteiger partial charge in [0.2, 0.25) is 0 Å². The van der Waals surface area contributed by atoms with Crippen LogP contribution in [0.4, 0.5) is 16.3 Å². The first-order valence-corrected chi connectivity index (χ1v) is 11.3. The number of ether oxygens (including phenoxy) is 1. The summed E-state index contributed by atoms with van der Waals surface area (Å²) in [5, 5.41) is 7.10. The molecule has 1 aromatic carbocycles. The zero-order chi connectivity index (χ0) is 20.7. The number of aryl methyl sites for hydroxylation is 1. The highest BCUT2D eigenvalue weighted by molar-refractivity contribution is 7.19. The monoisotopic (exact) mass is 441 g/mol. The number of nitrogens with zero attached hydrogens (tertiary/aromatic N) is 2. The SMILES string of the molecule is CCNC(=O)OC1CCc2c(sc3ncnc(Nc4ccc5[nH]c(=O)sc5c4)c23)C1. The van der Waals surface area contributed by atoms with Crippen molar-refractivity contribution >= 4 is 60.7 Å². The van der Waals surface area contributed by atoms with Gasteiger partial charge in [-0.25, -0.2) is 14.8 Å². The third-order valence-electron chi connectivity index (χ3n) is 5.08. The van der Waals surface area contributed by atoms with Gasteiger partial charge in [0.25, 0.3) is 0 Å². The Bertz CT molecular complexity index is 1310. The summed E-state index contributed by atoms with van der Waals surface area (Å²) in [6.07, 6.45) is 3.34. The molecule has 3 heterocycles. The molecule has 0 saturated heterocycles. The summed E-state index contributed by atoms with van der Waals surface area (Å²) in [6.45, 7) is 2.42. The van der Waals surface area contributed by atoms with E-state index in [-0.39, 0.29) is 17.1 Å². The molecule has 0 saturated carbocycles. The van der Waals surface area contributed by atoms with E-state index in [4.69, 9.17) is 4.74 Å². The highest BCUT2D eigenvalue weighted by Crippen LogP contribution is 2.39. The number of fused-ring (bicyclic) bond motifs is 4. The lowest BCUT2D eigenvalue weighted by Gasteiger charge is -2.22. The van der Waals surface area contributed by atoms with Crippen molar-refractivity contribution < 1.29 is 9.53 Å². The molecule has 30 heavy (non-hydrogen) atoms. The van der Waals surface area contributed by atoms with Gasteiger partial charge in [0.1, 0.15) is 23.1 Å². The third kappa shape index (κ3) is 3.52. The van der Waals surface area contributed by atoms with Crippen molar-refractivity contribution in [1.29, 1.82) is 0 Å². The number of aromatic amines is 1. The summed E-state index contributed by atoms with van der Waals surface area (Å²) in [5.74, 6) is 0.753. The number of carbonyl (C=O) groups is 1. The van der Waals surface area contributed by atoms with E-state index in [0.717, 1.165) is 44.8 Å². The molecule has 0 radical (unpaired) electrons. The van der Waals surface area contributed by atoms with Crippen molar-refractivity contribution in [1.82, 2.24) is 20.3 Å². The van der Waals surface area contributed by atoms with Crippen LogP contribution in [-0.4, -0.2) is 33.7 Å². The minimum Gasteiger partial charge on any atom is -0.446 e. The number of anilines is 2. The quantitative estimate of drug-likeness (QED) is 0.443. The van der Waals surface area contributed by atoms with Gasteiger partial charge in [0.05, 0.1) is 15.6 Å². The lowest BCUT2D eigenvalue weighted by molar-refractivity contribution is 0.0907. The Labute approximate surface area is 179 Å². The number of rotatable bonds is 4. The molecule has 1 atom stereocenters. The fourth-order valence-electron chi connectivity index (χ4n) is 3.77. The van der Waals surface area contributed by atoms with Gasteiger partial charge >= 0.3 is 11.0 Å². The molecule has 1 unspecified atom stereocenters. The maximum atomic E-state index is 11.8. The predicted molar refractivity (Wildman–Crippen MR) is 119 cm³/mol. The molecule has 1 aliphatic carbocycles. The first-order valence-electron chi connectivity index (χ1n) is 9.70. The maximum Gasteiger partial charge on any atom is 0.407 e. The average Bonchev–Trinajstić information content (AvgIpc) is 3.27. The molecule has 0 bridgehead atoms. The molecule has 0 spiro atoms. The van der Waals surface area contributed by atoms with Crippen molar-refractivity contribution in [3.05, 3.63) is 44.6 Å². The van der Waals surface area contributed by atoms with Gasteiger partial charge in [-0.05, 0) is 43.5 Å². The van der Waals surface area contributed by atoms with Crippen LogP contribution < -0.4 is 15.5 Å². The van der Waals surface area contributed by atoms with Gasteiger partial charge in [0, 0.05) is 23.5 Å². The zero-order valence-electron chi connectivity index (χ0n) is 16.2. The van der Waals surface area contributed by atoms with Crippen LogP contribution in [0, 0.1) is 0 Å². The van der Waals surface area contributed by atoms with E-state index in [9.17, 15) is 9.59 Å². The summed E-state index contributed by atoms with van der Waals surface area (Å²) < 4.78 is 6.43. The van der Waals surface area contributed by atoms with Crippen LogP contribution >= 0.6 is 22.7 Å². The number of carbonyl (C=O) groups excluding carboxylic acids is 1. The Morgan fingerprint density at radius 2 is 2.23 bits per heavy atom. The van der Waals surface area contributed by atoms with E-state index >= 15 is 0 Å². The van der Waals surface area contributed by atoms with E-state index in [1.165, 1.54) is 21.8 Å². The Kier molecular flexibility index (Phi) is 4.87. The number of benzene rings is 1. The molecule has 3 N–H and O–H groups in total. The van der Waals surface area contributed by atoms with Gasteiger partial charge in [-0.3, -0.25) is 4.79 Å². The van der Waals surface area contributed by atoms with Crippen LogP contribution in [0.3, 0.4) is 0 Å². The molecule has 0 aliphatic heterocycles. The second-order valence-corrected chi connectivity index (χ2v) is 9.16. The van der Waals surface area contributed by atoms with Crippen LogP contribution in [0.25, 0.3) is 20.4 Å². The van der Waals surface area contributed by atoms with Crippen LogP contribution in [0.5, 0.6) is 0 Å². The lowest BCUT2D eigenvalue weighted by atomic mass is 9.94. The van der Waals surface area contributed by atoms with Crippen LogP contribution in [-0.2, 0) is 17.6 Å². The average molecular weight is 442 g/mol. The first-order chi connectivity index (χ1) is 14.6. The second-order valence-electron chi connectivity index (χ2n) is 7.06. The number of thiazole rings is 1. The summed E-state index contributed by atoms with van der Waals surface area (Å²) in [6, 6.07) is 5.76. The molecular formula is C20H19N5O3S2. The molecule has 1 aliphatic rings. The number of H-pyrrole nitrogens is 1. The van der Waals surface area contributed by atoms with Crippen molar-refractivity contribution in [2.45, 2.75) is 32.3 Å². The van der Waals surface area contributed by atoms with E-state index in [1.54, 1.807) is 17.7 Å². The molecule has 3 aromatic heterocycles. The minimum absolute atomic E-state index is 0.0668. The topological polar surface area (TPSA) is 109 Å². The summed E-state index contributed by atoms with van der Waals surface area (Å²) >= 11 is 2.81. The Hall–Kier alpha value is -2.98. The van der Waals surface area contributed by atoms with Crippen molar-refractivity contribution in [2.75, 3.05) is 11.9 Å². The number of hydrogen-bond acceptors (Lipinski definition) is 8. The van der Waals surface area contributed by atoms with Crippen LogP contribution in [0.2, 0.25) is 0 Å². The third-order valence-corrected chi connectivity index (χ3v) is 7.09. The Morgan fingerprint density at radius 1 is 1.33 bits per heavy atom. The van der Waals surface area contributed by atoms with E-state index in [0.29, 0.717) is 13.0 Å². The summed E-state index contributed by atoms with van der Waals surface area (Å²) in [7, 11) is 0. The van der Waals surface area contributed by atoms with Crippen molar-refractivity contribution in [3.8, 4) is 0 Å². The molecular weight excluding hydrogens is 422 g/mol. The summed E-state index contributed by atoms with van der Waals surface area (Å²) in [4.78, 5) is 37.1. The van der Waals surface area contributed by atoms with Crippen LogP contribution in [0.15, 0.2) is 29.3 Å². The van der Waals surface area contributed by atoms with E-state index in [2.05, 4.69) is 25.6 Å². The number of aromatic nitrogens is 3. The standard InChI is InChI=1S/C20H19N5O3S2/c1-2-21-19(26)28-11-4-5-12-14(8-11)29-18-16(12)17(22-9-23-18)24-10-3-6-13-15(7-10)30-20(27)25-13/h3,6-7,9,11H,2,4-5,8H2,1H3,(H,21,26)(H,25,27)(H,22,23,24). The van der Waals surface area contributed by atoms with E-state index < -0.39 is 0 Å². The highest BCUT2D eigenvalue weighted by atomic mass is 32.1. The van der Waals surface area contributed by atoms with Crippen molar-refractivity contribution in [3.63, 3.8) is 0 Å². The number of hydrogen-bond donors (Lipinski definition) is 3. The highest BCUT2D eigenvalue weighted by Gasteiger charge is 2.27. The van der Waals surface area contributed by atoms with E-state index in [1.807, 2.05) is 25.1 Å². The fourth-order valence-corrected chi connectivity index (χ4v) is 5.80. The lowest BCUT2D eigenvalue weighted by Crippen LogP contribution is -2.31. The molecule has 5 rings (SSSR count). The smallest absolute Gasteiger partial charge is 0.407 e. The second kappa shape index (κ2) is 7.69. The summed E-state index contributed by atoms with van der Waals surface area (Å²) in [5.41, 5.74) is 2.92. The molecule has 1 amide bonds. The molecule has 8 nitrogen and oxygen atoms in total. The molecule has 154 valence electrons. The Morgan fingerprint density at radius 3 is 3.10 bits per heavy atom. The predicted octanol–water partition coefficient (Wildman–Crippen LogP) is 3.94. The number of thiophene rings is 1. The van der Waals surface area contributed by atoms with Gasteiger partial charge in [-0.2, -0.15) is 0 Å². The normalized spacial score (nSPS) is 15.8. The maximum absolute atomic E-state index is 11.8. The first kappa shape index (κ1) is 19.0. The molecule has 4 aromatic rings. The molecule has 10 heteroatoms. The van der Waals surface area contributed by atoms with Gasteiger partial charge in [-0.15, -0.1) is 11.3 Å². The minimum atomic E-state index is -0.364.